The van der Waals surface area contributed by atoms with E-state index in [1.165, 1.54) is 0 Å². The summed E-state index contributed by atoms with van der Waals surface area (Å²) in [5.74, 6) is 0.997. The largest absolute Gasteiger partial charge is 0.396 e. The third-order valence-electron chi connectivity index (χ3n) is 3.79. The number of aliphatic hydroxyl groups excluding tert-OH is 4. The molecule has 5 unspecified atom stereocenters. The number of nitrogens with two attached hydrogens (primary N) is 2. The van der Waals surface area contributed by atoms with Gasteiger partial charge in [0.1, 0.15) is 0 Å². The number of aliphatic hydroxyl groups is 4. The maximum absolute atomic E-state index is 9.33. The Morgan fingerprint density at radius 1 is 1.00 bits per heavy atom. The van der Waals surface area contributed by atoms with Crippen LogP contribution in [0.25, 0.3) is 0 Å². The normalized spacial score (nSPS) is 18.1. The molecule has 136 valence electrons. The van der Waals surface area contributed by atoms with Crippen LogP contribution >= 0.6 is 0 Å². The molecule has 0 aliphatic carbocycles. The molecule has 6 nitrogen and oxygen atoms in total. The predicted octanol–water partition coefficient (Wildman–Crippen LogP) is 0.0637. The molecule has 0 heterocycles. The van der Waals surface area contributed by atoms with E-state index in [1.54, 1.807) is 6.92 Å². The fourth-order valence-electron chi connectivity index (χ4n) is 2.07. The maximum atomic E-state index is 9.33. The molecule has 0 aliphatic heterocycles. The van der Waals surface area contributed by atoms with E-state index in [1.807, 2.05) is 20.8 Å². The molecule has 0 aliphatic rings. The molecule has 0 saturated heterocycles. The monoisotopic (exact) mass is 322 g/mol. The lowest BCUT2D eigenvalue weighted by molar-refractivity contribution is -0.00341. The van der Waals surface area contributed by atoms with Gasteiger partial charge in [-0.2, -0.15) is 0 Å². The molecule has 0 aromatic rings. The highest BCUT2D eigenvalue weighted by Gasteiger charge is 2.20. The Labute approximate surface area is 135 Å². The molecule has 5 atom stereocenters. The Morgan fingerprint density at radius 3 is 1.86 bits per heavy atom. The van der Waals surface area contributed by atoms with Crippen LogP contribution in [-0.2, 0) is 0 Å². The molecule has 0 aromatic heterocycles. The predicted molar refractivity (Wildman–Crippen MR) is 90.2 cm³/mol. The molecule has 0 bridgehead atoms. The van der Waals surface area contributed by atoms with Crippen molar-refractivity contribution in [3.05, 3.63) is 0 Å². The van der Waals surface area contributed by atoms with Crippen molar-refractivity contribution < 1.29 is 20.4 Å². The summed E-state index contributed by atoms with van der Waals surface area (Å²) in [5, 5.41) is 36.1. The van der Waals surface area contributed by atoms with Gasteiger partial charge in [0, 0.05) is 19.3 Å². The average molecular weight is 322 g/mol. The average Bonchev–Trinajstić information content (AvgIpc) is 2.46. The summed E-state index contributed by atoms with van der Waals surface area (Å²) in [5.41, 5.74) is 10.8. The third kappa shape index (κ3) is 12.3. The van der Waals surface area contributed by atoms with Crippen LogP contribution in [0.1, 0.15) is 47.0 Å². The first-order valence-electron chi connectivity index (χ1n) is 8.24. The van der Waals surface area contributed by atoms with Crippen LogP contribution in [0.4, 0.5) is 0 Å². The van der Waals surface area contributed by atoms with Crippen molar-refractivity contribution in [3.8, 4) is 0 Å². The molecule has 0 rings (SSSR count). The van der Waals surface area contributed by atoms with Crippen LogP contribution in [0.2, 0.25) is 0 Å². The van der Waals surface area contributed by atoms with E-state index in [9.17, 15) is 10.2 Å². The molecule has 22 heavy (non-hydrogen) atoms. The van der Waals surface area contributed by atoms with Gasteiger partial charge in [-0.1, -0.05) is 20.8 Å². The lowest BCUT2D eigenvalue weighted by atomic mass is 9.91. The second kappa shape index (κ2) is 14.4. The summed E-state index contributed by atoms with van der Waals surface area (Å²) in [6, 6.07) is -0.358. The number of hydrogen-bond donors (Lipinski definition) is 6. The summed E-state index contributed by atoms with van der Waals surface area (Å²) >= 11 is 0. The topological polar surface area (TPSA) is 133 Å². The lowest BCUT2D eigenvalue weighted by Crippen LogP contribution is -2.41. The minimum Gasteiger partial charge on any atom is -0.396 e. The zero-order chi connectivity index (χ0) is 17.7. The van der Waals surface area contributed by atoms with Crippen LogP contribution in [-0.4, -0.2) is 58.4 Å². The number of rotatable bonds is 10. The molecule has 6 heteroatoms. The SMILES string of the molecule is CC(C)CC(O)C(O)C(C)N.CC(CN)C(CO)CCCO. The Bertz CT molecular complexity index is 240. The van der Waals surface area contributed by atoms with E-state index < -0.39 is 12.2 Å². The van der Waals surface area contributed by atoms with Crippen molar-refractivity contribution in [2.75, 3.05) is 19.8 Å². The Kier molecular flexibility index (Phi) is 15.7. The molecule has 0 saturated carbocycles. The van der Waals surface area contributed by atoms with E-state index in [2.05, 4.69) is 0 Å². The van der Waals surface area contributed by atoms with Gasteiger partial charge in [0.2, 0.25) is 0 Å². The van der Waals surface area contributed by atoms with Crippen molar-refractivity contribution in [2.24, 2.45) is 29.2 Å². The van der Waals surface area contributed by atoms with Crippen LogP contribution in [0, 0.1) is 17.8 Å². The third-order valence-corrected chi connectivity index (χ3v) is 3.79. The van der Waals surface area contributed by atoms with Gasteiger partial charge in [-0.15, -0.1) is 0 Å². The van der Waals surface area contributed by atoms with Gasteiger partial charge in [-0.3, -0.25) is 0 Å². The molecule has 8 N–H and O–H groups in total. The van der Waals surface area contributed by atoms with Crippen LogP contribution in [0.3, 0.4) is 0 Å². The highest BCUT2D eigenvalue weighted by Crippen LogP contribution is 2.15. The Hall–Kier alpha value is -0.240. The van der Waals surface area contributed by atoms with E-state index in [0.717, 1.165) is 12.8 Å². The minimum atomic E-state index is -0.794. The second-order valence-electron chi connectivity index (χ2n) is 6.57. The van der Waals surface area contributed by atoms with Gasteiger partial charge >= 0.3 is 0 Å². The molecular weight excluding hydrogens is 284 g/mol. The zero-order valence-electron chi connectivity index (χ0n) is 14.7. The van der Waals surface area contributed by atoms with E-state index in [-0.39, 0.29) is 25.2 Å². The Balaban J connectivity index is 0. The van der Waals surface area contributed by atoms with Gasteiger partial charge in [0.25, 0.3) is 0 Å². The first-order chi connectivity index (χ1) is 10.2. The Morgan fingerprint density at radius 2 is 1.55 bits per heavy atom. The summed E-state index contributed by atoms with van der Waals surface area (Å²) in [6.45, 7) is 8.70. The fraction of sp³-hybridized carbons (Fsp3) is 1.00. The highest BCUT2D eigenvalue weighted by molar-refractivity contribution is 4.75. The quantitative estimate of drug-likeness (QED) is 0.337. The second-order valence-corrected chi connectivity index (χ2v) is 6.57. The van der Waals surface area contributed by atoms with Crippen molar-refractivity contribution in [2.45, 2.75) is 65.2 Å². The maximum Gasteiger partial charge on any atom is 0.0946 e. The first kappa shape index (κ1) is 24.0. The molecular formula is C16H38N2O4. The smallest absolute Gasteiger partial charge is 0.0946 e. The van der Waals surface area contributed by atoms with Crippen molar-refractivity contribution in [1.29, 1.82) is 0 Å². The van der Waals surface area contributed by atoms with Gasteiger partial charge < -0.3 is 31.9 Å². The van der Waals surface area contributed by atoms with Crippen molar-refractivity contribution in [3.63, 3.8) is 0 Å². The first-order valence-corrected chi connectivity index (χ1v) is 8.24. The van der Waals surface area contributed by atoms with Crippen LogP contribution < -0.4 is 11.5 Å². The highest BCUT2D eigenvalue weighted by atomic mass is 16.3. The standard InChI is InChI=1S/2C8H19NO2/c1-5(2)4-7(10)8(11)6(3)9;1-7(5-9)8(6-11)3-2-4-10/h5-8,10-11H,4,9H2,1-3H3;7-8,10-11H,2-6,9H2,1H3. The lowest BCUT2D eigenvalue weighted by Gasteiger charge is -2.22. The van der Waals surface area contributed by atoms with Crippen LogP contribution in [0.5, 0.6) is 0 Å². The summed E-state index contributed by atoms with van der Waals surface area (Å²) in [6.07, 6.45) is 0.747. The molecule has 0 spiro atoms. The molecule has 0 aromatic carbocycles. The van der Waals surface area contributed by atoms with E-state index >= 15 is 0 Å². The molecule has 0 amide bonds. The summed E-state index contributed by atoms with van der Waals surface area (Å²) in [7, 11) is 0. The van der Waals surface area contributed by atoms with E-state index in [0.29, 0.717) is 24.8 Å². The van der Waals surface area contributed by atoms with Gasteiger partial charge in [-0.05, 0) is 50.5 Å². The van der Waals surface area contributed by atoms with Gasteiger partial charge in [-0.25, -0.2) is 0 Å². The summed E-state index contributed by atoms with van der Waals surface area (Å²) < 4.78 is 0. The van der Waals surface area contributed by atoms with E-state index in [4.69, 9.17) is 21.7 Å². The zero-order valence-corrected chi connectivity index (χ0v) is 14.7. The fourth-order valence-corrected chi connectivity index (χ4v) is 2.07. The van der Waals surface area contributed by atoms with Crippen LogP contribution in [0.15, 0.2) is 0 Å². The minimum absolute atomic E-state index is 0.179. The molecule has 0 radical (unpaired) electrons. The summed E-state index contributed by atoms with van der Waals surface area (Å²) in [4.78, 5) is 0. The molecule has 0 fully saturated rings. The van der Waals surface area contributed by atoms with Crippen molar-refractivity contribution >= 4 is 0 Å². The number of hydrogen-bond acceptors (Lipinski definition) is 6. The van der Waals surface area contributed by atoms with Crippen molar-refractivity contribution in [1.82, 2.24) is 0 Å². The van der Waals surface area contributed by atoms with Gasteiger partial charge in [0.15, 0.2) is 0 Å². The van der Waals surface area contributed by atoms with Gasteiger partial charge in [0.05, 0.1) is 12.2 Å².